The molecule has 1 saturated carbocycles. The highest BCUT2D eigenvalue weighted by atomic mass is 16.5. The first-order valence-corrected chi connectivity index (χ1v) is 8.77. The van der Waals surface area contributed by atoms with Crippen molar-refractivity contribution in [2.75, 3.05) is 31.6 Å². The van der Waals surface area contributed by atoms with E-state index in [0.717, 1.165) is 11.1 Å². The van der Waals surface area contributed by atoms with Crippen LogP contribution >= 0.6 is 0 Å². The molecule has 9 heteroatoms. The largest absolute Gasteiger partial charge is 0.475 e. The molecule has 2 aromatic rings. The van der Waals surface area contributed by atoms with Crippen molar-refractivity contribution in [3.05, 3.63) is 30.6 Å². The Balaban J connectivity index is 1.61. The number of anilines is 1. The van der Waals surface area contributed by atoms with E-state index in [1.54, 1.807) is 35.5 Å². The zero-order valence-corrected chi connectivity index (χ0v) is 14.6. The number of aromatic amines is 1. The number of aromatic nitrogens is 2. The molecule has 1 aliphatic heterocycles. The summed E-state index contributed by atoms with van der Waals surface area (Å²) in [6.45, 7) is 2.12. The van der Waals surface area contributed by atoms with Crippen molar-refractivity contribution in [3.8, 4) is 16.9 Å². The van der Waals surface area contributed by atoms with Crippen LogP contribution in [0.1, 0.15) is 12.8 Å². The molecule has 27 heavy (non-hydrogen) atoms. The van der Waals surface area contributed by atoms with Gasteiger partial charge in [-0.1, -0.05) is 6.07 Å². The number of benzene rings is 1. The normalized spacial score (nSPS) is 18.0. The Bertz CT molecular complexity index is 841. The molecular weight excluding hydrogens is 352 g/mol. The monoisotopic (exact) mass is 372 g/mol. The summed E-state index contributed by atoms with van der Waals surface area (Å²) in [6, 6.07) is 5.12. The maximum atomic E-state index is 12.9. The number of carbonyl (C=O) groups excluding carboxylic acids is 1. The van der Waals surface area contributed by atoms with Crippen LogP contribution in [0, 0.1) is 0 Å². The molecular formula is C18H20N4O5. The Morgan fingerprint density at radius 3 is 2.67 bits per heavy atom. The molecule has 2 heterocycles. The van der Waals surface area contributed by atoms with Crippen LogP contribution in [0.2, 0.25) is 0 Å². The molecule has 1 aromatic heterocycles. The highest BCUT2D eigenvalue weighted by Gasteiger charge is 2.55. The lowest BCUT2D eigenvalue weighted by atomic mass is 10.1. The summed E-state index contributed by atoms with van der Waals surface area (Å²) in [5, 5.41) is 18.1. The minimum atomic E-state index is -1.19. The standard InChI is InChI=1S/C18H20N4O5/c23-16(22-5-7-26-8-6-22)18(3-4-18)27-15-9-12(13-10-19-20-11-13)1-2-14(15)21-17(24)25/h1-2,9-11,21H,3-8H2,(H,19,20)(H,24,25). The Hall–Kier alpha value is -3.07. The number of nitrogens with zero attached hydrogens (tertiary/aromatic N) is 2. The molecule has 142 valence electrons. The van der Waals surface area contributed by atoms with Crippen molar-refractivity contribution in [3.63, 3.8) is 0 Å². The fourth-order valence-electron chi connectivity index (χ4n) is 3.15. The Labute approximate surface area is 155 Å². The average molecular weight is 372 g/mol. The van der Waals surface area contributed by atoms with Gasteiger partial charge in [-0.05, 0) is 17.7 Å². The van der Waals surface area contributed by atoms with Gasteiger partial charge in [-0.15, -0.1) is 0 Å². The van der Waals surface area contributed by atoms with E-state index in [1.807, 2.05) is 0 Å². The molecule has 4 rings (SSSR count). The molecule has 2 amide bonds. The number of rotatable bonds is 5. The number of hydrogen-bond donors (Lipinski definition) is 3. The maximum Gasteiger partial charge on any atom is 0.409 e. The minimum absolute atomic E-state index is 0.0687. The number of hydrogen-bond acceptors (Lipinski definition) is 5. The van der Waals surface area contributed by atoms with E-state index in [4.69, 9.17) is 14.6 Å². The first-order chi connectivity index (χ1) is 13.1. The number of morpholine rings is 1. The molecule has 0 bridgehead atoms. The molecule has 0 spiro atoms. The number of ether oxygens (including phenoxy) is 2. The number of H-pyrrole nitrogens is 1. The van der Waals surface area contributed by atoms with Gasteiger partial charge in [0.1, 0.15) is 5.75 Å². The lowest BCUT2D eigenvalue weighted by molar-refractivity contribution is -0.144. The van der Waals surface area contributed by atoms with E-state index in [9.17, 15) is 9.59 Å². The summed E-state index contributed by atoms with van der Waals surface area (Å²) >= 11 is 0. The summed E-state index contributed by atoms with van der Waals surface area (Å²) < 4.78 is 11.4. The topological polar surface area (TPSA) is 117 Å². The molecule has 0 atom stereocenters. The van der Waals surface area contributed by atoms with Crippen LogP contribution in [0.5, 0.6) is 5.75 Å². The quantitative estimate of drug-likeness (QED) is 0.738. The summed E-state index contributed by atoms with van der Waals surface area (Å²) in [4.78, 5) is 25.8. The predicted molar refractivity (Wildman–Crippen MR) is 95.7 cm³/mol. The molecule has 2 aliphatic rings. The molecule has 1 saturated heterocycles. The van der Waals surface area contributed by atoms with Crippen molar-refractivity contribution in [2.24, 2.45) is 0 Å². The van der Waals surface area contributed by atoms with E-state index >= 15 is 0 Å². The maximum absolute atomic E-state index is 12.9. The Morgan fingerprint density at radius 1 is 1.26 bits per heavy atom. The smallest absolute Gasteiger partial charge is 0.409 e. The summed E-state index contributed by atoms with van der Waals surface area (Å²) in [5.41, 5.74) is 1.02. The lowest BCUT2D eigenvalue weighted by Crippen LogP contribution is -2.48. The van der Waals surface area contributed by atoms with Crippen molar-refractivity contribution in [1.29, 1.82) is 0 Å². The second kappa shape index (κ2) is 6.92. The van der Waals surface area contributed by atoms with Gasteiger partial charge in [0.2, 0.25) is 0 Å². The molecule has 9 nitrogen and oxygen atoms in total. The van der Waals surface area contributed by atoms with Crippen LogP contribution in [-0.2, 0) is 9.53 Å². The molecule has 0 unspecified atom stereocenters. The number of nitrogens with one attached hydrogen (secondary N) is 2. The van der Waals surface area contributed by atoms with Gasteiger partial charge in [0, 0.05) is 37.7 Å². The highest BCUT2D eigenvalue weighted by Crippen LogP contribution is 2.44. The first kappa shape index (κ1) is 17.3. The summed E-state index contributed by atoms with van der Waals surface area (Å²) in [5.74, 6) is 0.260. The molecule has 0 radical (unpaired) electrons. The van der Waals surface area contributed by atoms with E-state index in [-0.39, 0.29) is 5.91 Å². The van der Waals surface area contributed by atoms with Gasteiger partial charge >= 0.3 is 6.09 Å². The predicted octanol–water partition coefficient (Wildman–Crippen LogP) is 1.94. The van der Waals surface area contributed by atoms with E-state index in [2.05, 4.69) is 15.5 Å². The fraction of sp³-hybridized carbons (Fsp3) is 0.389. The van der Waals surface area contributed by atoms with Crippen molar-refractivity contribution >= 4 is 17.7 Å². The van der Waals surface area contributed by atoms with Gasteiger partial charge in [0.05, 0.1) is 25.1 Å². The zero-order chi connectivity index (χ0) is 18.9. The second-order valence-corrected chi connectivity index (χ2v) is 6.63. The minimum Gasteiger partial charge on any atom is -0.475 e. The van der Waals surface area contributed by atoms with Crippen LogP contribution in [0.25, 0.3) is 11.1 Å². The highest BCUT2D eigenvalue weighted by molar-refractivity contribution is 5.90. The number of amides is 2. The average Bonchev–Trinajstić information content (AvgIpc) is 3.24. The van der Waals surface area contributed by atoms with E-state index < -0.39 is 11.7 Å². The Kier molecular flexibility index (Phi) is 4.44. The first-order valence-electron chi connectivity index (χ1n) is 8.77. The van der Waals surface area contributed by atoms with E-state index in [1.165, 1.54) is 0 Å². The third kappa shape index (κ3) is 3.59. The van der Waals surface area contributed by atoms with Gasteiger partial charge in [0.15, 0.2) is 5.60 Å². The van der Waals surface area contributed by atoms with Gasteiger partial charge in [-0.25, -0.2) is 4.79 Å². The van der Waals surface area contributed by atoms with Gasteiger partial charge in [0.25, 0.3) is 5.91 Å². The Morgan fingerprint density at radius 2 is 2.04 bits per heavy atom. The van der Waals surface area contributed by atoms with Crippen LogP contribution in [-0.4, -0.2) is 64.1 Å². The summed E-state index contributed by atoms with van der Waals surface area (Å²) in [7, 11) is 0. The van der Waals surface area contributed by atoms with Crippen molar-refractivity contribution in [1.82, 2.24) is 15.1 Å². The van der Waals surface area contributed by atoms with Crippen LogP contribution < -0.4 is 10.1 Å². The SMILES string of the molecule is O=C(O)Nc1ccc(-c2cn[nH]c2)cc1OC1(C(=O)N2CCOCC2)CC1. The summed E-state index contributed by atoms with van der Waals surface area (Å²) in [6.07, 6.45) is 3.40. The number of carbonyl (C=O) groups is 2. The third-order valence-corrected chi connectivity index (χ3v) is 4.75. The molecule has 3 N–H and O–H groups in total. The second-order valence-electron chi connectivity index (χ2n) is 6.63. The fourth-order valence-corrected chi connectivity index (χ4v) is 3.15. The third-order valence-electron chi connectivity index (χ3n) is 4.75. The van der Waals surface area contributed by atoms with E-state index in [0.29, 0.717) is 50.6 Å². The molecule has 1 aliphatic carbocycles. The van der Waals surface area contributed by atoms with Crippen molar-refractivity contribution in [2.45, 2.75) is 18.4 Å². The van der Waals surface area contributed by atoms with Gasteiger partial charge < -0.3 is 19.5 Å². The van der Waals surface area contributed by atoms with Crippen LogP contribution in [0.15, 0.2) is 30.6 Å². The zero-order valence-electron chi connectivity index (χ0n) is 14.6. The van der Waals surface area contributed by atoms with Gasteiger partial charge in [-0.3, -0.25) is 15.2 Å². The number of carboxylic acid groups (broad SMARTS) is 1. The molecule has 1 aromatic carbocycles. The van der Waals surface area contributed by atoms with Gasteiger partial charge in [-0.2, -0.15) is 5.10 Å². The molecule has 2 fully saturated rings. The lowest BCUT2D eigenvalue weighted by Gasteiger charge is -2.31. The van der Waals surface area contributed by atoms with Crippen LogP contribution in [0.3, 0.4) is 0 Å². The van der Waals surface area contributed by atoms with Crippen molar-refractivity contribution < 1.29 is 24.2 Å². The van der Waals surface area contributed by atoms with Crippen LogP contribution in [0.4, 0.5) is 10.5 Å².